The Morgan fingerprint density at radius 2 is 1.31 bits per heavy atom. The lowest BCUT2D eigenvalue weighted by molar-refractivity contribution is -0.148. The van der Waals surface area contributed by atoms with E-state index in [0.29, 0.717) is 49.0 Å². The fourth-order valence-corrected chi connectivity index (χ4v) is 11.5. The Balaban J connectivity index is 1.62. The molecule has 3 rings (SSSR count). The SMILES string of the molecule is CCCCCCCCCCCCCC(=O)N[C@H](CC(N)=O)C(=O)Nc1ccc(COC(=O)N(C)C(C(=O)N[C@H](C(=O)N(C)[C@H](C(CC(=O)N2CCCC2[C@H](OC)[C@@H](C)C(=O)N[C@H](C)[C@@H](O)c2ccccc2)OC)[C@@H](C)CC)C(C)C)C(C)C)cc1. The van der Waals surface area contributed by atoms with Crippen LogP contribution < -0.4 is 27.0 Å². The average Bonchev–Trinajstić information content (AvgIpc) is 4.05. The molecule has 1 saturated heterocycles. The molecule has 3 unspecified atom stereocenters. The highest BCUT2D eigenvalue weighted by Gasteiger charge is 2.44. The number of likely N-dealkylation sites (tertiary alicyclic amines) is 1. The van der Waals surface area contributed by atoms with E-state index in [4.69, 9.17) is 19.9 Å². The summed E-state index contributed by atoms with van der Waals surface area (Å²) in [6.07, 6.45) is 11.2. The zero-order valence-electron chi connectivity index (χ0n) is 53.5. The predicted octanol–water partition coefficient (Wildman–Crippen LogP) is 8.58. The van der Waals surface area contributed by atoms with E-state index in [2.05, 4.69) is 28.2 Å². The van der Waals surface area contributed by atoms with Gasteiger partial charge >= 0.3 is 6.09 Å². The number of nitrogens with one attached hydrogen (secondary N) is 4. The van der Waals surface area contributed by atoms with Crippen molar-refractivity contribution in [3.8, 4) is 0 Å². The van der Waals surface area contributed by atoms with Crippen LogP contribution in [0.2, 0.25) is 0 Å². The van der Waals surface area contributed by atoms with E-state index in [9.17, 15) is 43.5 Å². The Kier molecular flexibility index (Phi) is 32.8. The van der Waals surface area contributed by atoms with Crippen LogP contribution in [0.15, 0.2) is 54.6 Å². The van der Waals surface area contributed by atoms with Crippen LogP contribution in [0.25, 0.3) is 0 Å². The number of amides is 8. The number of benzene rings is 2. The van der Waals surface area contributed by atoms with Crippen molar-refractivity contribution in [2.75, 3.05) is 40.2 Å². The topological polar surface area (TPSA) is 268 Å². The lowest BCUT2D eigenvalue weighted by atomic mass is 9.89. The van der Waals surface area contributed by atoms with Crippen molar-refractivity contribution < 1.29 is 57.7 Å². The molecule has 11 atom stereocenters. The van der Waals surface area contributed by atoms with Gasteiger partial charge in [-0.2, -0.15) is 0 Å². The fourth-order valence-electron chi connectivity index (χ4n) is 11.5. The van der Waals surface area contributed by atoms with E-state index < -0.39 is 102 Å². The van der Waals surface area contributed by atoms with Gasteiger partial charge in [-0.3, -0.25) is 38.5 Å². The van der Waals surface area contributed by atoms with E-state index >= 15 is 0 Å². The minimum Gasteiger partial charge on any atom is -0.445 e. The second kappa shape index (κ2) is 38.1. The third-order valence-corrected chi connectivity index (χ3v) is 16.7. The number of hydrogen-bond acceptors (Lipinski definition) is 12. The van der Waals surface area contributed by atoms with Gasteiger partial charge in [0.1, 0.15) is 24.7 Å². The number of aliphatic hydroxyl groups excluding tert-OH is 1. The highest BCUT2D eigenvalue weighted by Crippen LogP contribution is 2.30. The Bertz CT molecular complexity index is 2380. The molecule has 478 valence electrons. The molecular weight excluding hydrogens is 1080 g/mol. The fraction of sp³-hybridized carbons (Fsp3) is 0.692. The first-order valence-corrected chi connectivity index (χ1v) is 31.2. The second-order valence-electron chi connectivity index (χ2n) is 24.1. The standard InChI is InChI=1S/C65H106N8O12/c1-14-16-17-18-19-20-21-22-23-24-28-33-54(75)69-50(39-53(66)74)62(79)68-49-36-34-47(35-37-49)41-85-65(82)72(11)57(43(5)6)63(80)70-56(42(3)4)64(81)71(10)58(44(7)15-2)52(83-12)40-55(76)73-38-29-32-51(73)60(84-13)45(8)61(78)67-46(9)59(77)48-30-26-25-27-31-48/h25-27,30-31,34-37,42-46,50-52,56-60,77H,14-24,28-29,32-33,38-41H2,1-13H3,(H2,66,74)(H,67,78)(H,68,79)(H,69,75)(H,70,80)/t44-,45+,46+,50+,51?,52?,56-,57?,58-,59+,60+/m0/s1. The summed E-state index contributed by atoms with van der Waals surface area (Å²) in [5, 5.41) is 22.2. The maximum atomic E-state index is 14.7. The molecule has 1 aliphatic rings. The number of likely N-dealkylation sites (N-methyl/N-ethyl adjacent to an activating group) is 2. The Hall–Kier alpha value is -6.12. The van der Waals surface area contributed by atoms with E-state index in [-0.39, 0.29) is 49.5 Å². The van der Waals surface area contributed by atoms with Gasteiger partial charge in [0.15, 0.2) is 0 Å². The number of primary amides is 1. The van der Waals surface area contributed by atoms with Crippen LogP contribution in [-0.4, -0.2) is 151 Å². The van der Waals surface area contributed by atoms with Gasteiger partial charge in [0.2, 0.25) is 41.4 Å². The van der Waals surface area contributed by atoms with Crippen LogP contribution >= 0.6 is 0 Å². The molecule has 1 fully saturated rings. The minimum atomic E-state index is -1.16. The number of methoxy groups -OCH3 is 2. The number of rotatable bonds is 39. The van der Waals surface area contributed by atoms with Crippen molar-refractivity contribution in [2.45, 2.75) is 233 Å². The summed E-state index contributed by atoms with van der Waals surface area (Å²) < 4.78 is 17.7. The summed E-state index contributed by atoms with van der Waals surface area (Å²) in [6, 6.07) is 10.7. The molecule has 0 radical (unpaired) electrons. The van der Waals surface area contributed by atoms with Gasteiger partial charge in [-0.25, -0.2) is 4.79 Å². The summed E-state index contributed by atoms with van der Waals surface area (Å²) in [6.45, 7) is 17.2. The first-order chi connectivity index (χ1) is 40.4. The van der Waals surface area contributed by atoms with E-state index in [1.54, 1.807) is 80.9 Å². The summed E-state index contributed by atoms with van der Waals surface area (Å²) in [5.74, 6) is -4.79. The summed E-state index contributed by atoms with van der Waals surface area (Å²) in [7, 11) is 6.14. The summed E-state index contributed by atoms with van der Waals surface area (Å²) in [5.41, 5.74) is 7.07. The number of carbonyl (C=O) groups excluding carboxylic acids is 8. The van der Waals surface area contributed by atoms with Gasteiger partial charge in [0.25, 0.3) is 0 Å². The van der Waals surface area contributed by atoms with Crippen LogP contribution in [0.1, 0.15) is 189 Å². The molecule has 2 aromatic carbocycles. The maximum Gasteiger partial charge on any atom is 0.410 e. The predicted molar refractivity (Wildman–Crippen MR) is 330 cm³/mol. The van der Waals surface area contributed by atoms with Crippen molar-refractivity contribution in [3.63, 3.8) is 0 Å². The van der Waals surface area contributed by atoms with Gasteiger partial charge in [-0.1, -0.05) is 168 Å². The number of unbranched alkanes of at least 4 members (excludes halogenated alkanes) is 10. The van der Waals surface area contributed by atoms with Crippen LogP contribution in [0.3, 0.4) is 0 Å². The summed E-state index contributed by atoms with van der Waals surface area (Å²) >= 11 is 0. The maximum absolute atomic E-state index is 14.7. The molecule has 8 amide bonds. The normalized spacial score (nSPS) is 16.8. The molecule has 85 heavy (non-hydrogen) atoms. The Labute approximate surface area is 507 Å². The summed E-state index contributed by atoms with van der Waals surface area (Å²) in [4.78, 5) is 113. The quantitative estimate of drug-likeness (QED) is 0.0344. The molecule has 20 nitrogen and oxygen atoms in total. The molecule has 2 aromatic rings. The van der Waals surface area contributed by atoms with Crippen LogP contribution in [0.4, 0.5) is 10.5 Å². The number of ether oxygens (including phenoxy) is 3. The molecular formula is C65H106N8O12. The molecule has 7 N–H and O–H groups in total. The van der Waals surface area contributed by atoms with Gasteiger partial charge in [-0.05, 0) is 67.2 Å². The molecule has 0 saturated carbocycles. The average molecular weight is 1190 g/mol. The Morgan fingerprint density at radius 1 is 0.706 bits per heavy atom. The van der Waals surface area contributed by atoms with E-state index in [0.717, 1.165) is 19.3 Å². The third kappa shape index (κ3) is 23.6. The van der Waals surface area contributed by atoms with Crippen LogP contribution in [-0.2, 0) is 54.4 Å². The molecule has 1 heterocycles. The van der Waals surface area contributed by atoms with Crippen LogP contribution in [0, 0.1) is 23.7 Å². The second-order valence-corrected chi connectivity index (χ2v) is 24.1. The number of carbonyl (C=O) groups is 8. The molecule has 0 spiro atoms. The van der Waals surface area contributed by atoms with Crippen molar-refractivity contribution in [2.24, 2.45) is 29.4 Å². The first kappa shape index (κ1) is 73.1. The van der Waals surface area contributed by atoms with Crippen molar-refractivity contribution in [3.05, 3.63) is 65.7 Å². The largest absolute Gasteiger partial charge is 0.445 e. The number of hydrogen-bond donors (Lipinski definition) is 6. The zero-order chi connectivity index (χ0) is 63.3. The van der Waals surface area contributed by atoms with Crippen molar-refractivity contribution >= 4 is 53.1 Å². The van der Waals surface area contributed by atoms with Crippen LogP contribution in [0.5, 0.6) is 0 Å². The van der Waals surface area contributed by atoms with E-state index in [1.807, 2.05) is 45.9 Å². The van der Waals surface area contributed by atoms with E-state index in [1.165, 1.54) is 71.1 Å². The van der Waals surface area contributed by atoms with Gasteiger partial charge in [0.05, 0.1) is 55.2 Å². The number of anilines is 1. The van der Waals surface area contributed by atoms with Gasteiger partial charge in [-0.15, -0.1) is 0 Å². The lowest BCUT2D eigenvalue weighted by Gasteiger charge is -2.41. The van der Waals surface area contributed by atoms with Crippen molar-refractivity contribution in [1.82, 2.24) is 30.7 Å². The third-order valence-electron chi connectivity index (χ3n) is 16.7. The smallest absolute Gasteiger partial charge is 0.410 e. The van der Waals surface area contributed by atoms with Gasteiger partial charge < -0.3 is 56.1 Å². The number of nitrogens with two attached hydrogens (primary N) is 1. The minimum absolute atomic E-state index is 0.0714. The van der Waals surface area contributed by atoms with Crippen molar-refractivity contribution in [1.29, 1.82) is 0 Å². The molecule has 20 heteroatoms. The number of nitrogens with zero attached hydrogens (tertiary/aromatic N) is 3. The monoisotopic (exact) mass is 1190 g/mol. The number of aliphatic hydroxyl groups is 1. The first-order valence-electron chi connectivity index (χ1n) is 31.2. The molecule has 0 aromatic heterocycles. The highest BCUT2D eigenvalue weighted by molar-refractivity contribution is 5.99. The highest BCUT2D eigenvalue weighted by atomic mass is 16.6. The molecule has 1 aliphatic heterocycles. The molecule has 0 bridgehead atoms. The molecule has 0 aliphatic carbocycles. The van der Waals surface area contributed by atoms with Gasteiger partial charge in [0, 0.05) is 47.0 Å². The lowest BCUT2D eigenvalue weighted by Crippen LogP contribution is -2.60. The zero-order valence-corrected chi connectivity index (χ0v) is 53.5. The Morgan fingerprint density at radius 3 is 1.85 bits per heavy atom.